The van der Waals surface area contributed by atoms with Crippen LogP contribution in [0.15, 0.2) is 28.9 Å². The van der Waals surface area contributed by atoms with Crippen LogP contribution < -0.4 is 0 Å². The highest BCUT2D eigenvalue weighted by Crippen LogP contribution is 2.33. The lowest BCUT2D eigenvalue weighted by Crippen LogP contribution is -2.27. The highest BCUT2D eigenvalue weighted by molar-refractivity contribution is 9.10. The van der Waals surface area contributed by atoms with E-state index in [1.807, 2.05) is 31.2 Å². The van der Waals surface area contributed by atoms with Gasteiger partial charge in [-0.1, -0.05) is 29.5 Å². The van der Waals surface area contributed by atoms with Gasteiger partial charge in [-0.3, -0.25) is 0 Å². The van der Waals surface area contributed by atoms with Gasteiger partial charge < -0.3 is 5.11 Å². The first-order chi connectivity index (χ1) is 7.94. The number of benzene rings is 1. The summed E-state index contributed by atoms with van der Waals surface area (Å²) in [6, 6.07) is 7.75. The lowest BCUT2D eigenvalue weighted by molar-refractivity contribution is 0.0914. The summed E-state index contributed by atoms with van der Waals surface area (Å²) in [5, 5.41) is 18.6. The third-order valence-corrected chi connectivity index (χ3v) is 3.45. The van der Waals surface area contributed by atoms with Crippen molar-refractivity contribution < 1.29 is 5.11 Å². The molecule has 0 amide bonds. The first-order valence-electron chi connectivity index (χ1n) is 5.28. The van der Waals surface area contributed by atoms with Crippen molar-refractivity contribution in [3.63, 3.8) is 0 Å². The van der Waals surface area contributed by atoms with E-state index >= 15 is 0 Å². The lowest BCUT2D eigenvalue weighted by Gasteiger charge is -2.25. The number of nitrogens with zero attached hydrogens (tertiary/aromatic N) is 3. The molecule has 0 saturated carbocycles. The molecule has 0 radical (unpaired) electrons. The lowest BCUT2D eigenvalue weighted by atomic mass is 9.89. The van der Waals surface area contributed by atoms with Gasteiger partial charge in [0.25, 0.3) is 0 Å². The molecule has 0 fully saturated rings. The maximum absolute atomic E-state index is 10.8. The summed E-state index contributed by atoms with van der Waals surface area (Å²) in [5.41, 5.74) is 1.41. The number of aliphatic hydroxyl groups is 1. The first-order valence-corrected chi connectivity index (χ1v) is 6.08. The Hall–Kier alpha value is -1.20. The Morgan fingerprint density at radius 1 is 1.35 bits per heavy atom. The third kappa shape index (κ3) is 2.00. The molecule has 17 heavy (non-hydrogen) atoms. The van der Waals surface area contributed by atoms with Crippen molar-refractivity contribution >= 4 is 15.9 Å². The molecule has 4 nitrogen and oxygen atoms in total. The number of aryl methyl sites for hydroxylation is 2. The number of aromatic nitrogens is 3. The van der Waals surface area contributed by atoms with Crippen molar-refractivity contribution in [2.75, 3.05) is 0 Å². The zero-order valence-electron chi connectivity index (χ0n) is 9.98. The molecule has 1 unspecified atom stereocenters. The molecule has 0 aliphatic carbocycles. The largest absolute Gasteiger partial charge is 0.379 e. The fourth-order valence-corrected chi connectivity index (χ4v) is 2.81. The molecule has 1 atom stereocenters. The van der Waals surface area contributed by atoms with Gasteiger partial charge in [-0.2, -0.15) is 0 Å². The summed E-state index contributed by atoms with van der Waals surface area (Å²) in [4.78, 5) is 0. The number of hydrogen-bond donors (Lipinski definition) is 1. The molecule has 2 rings (SSSR count). The summed E-state index contributed by atoms with van der Waals surface area (Å²) in [6.45, 7) is 3.72. The van der Waals surface area contributed by atoms with Crippen LogP contribution in [0.4, 0.5) is 0 Å². The van der Waals surface area contributed by atoms with Crippen LogP contribution in [-0.4, -0.2) is 20.1 Å². The van der Waals surface area contributed by atoms with Gasteiger partial charge in [-0.25, -0.2) is 4.68 Å². The number of rotatable bonds is 2. The topological polar surface area (TPSA) is 50.9 Å². The predicted molar refractivity (Wildman–Crippen MR) is 68.6 cm³/mol. The van der Waals surface area contributed by atoms with E-state index in [2.05, 4.69) is 26.2 Å². The van der Waals surface area contributed by atoms with Gasteiger partial charge in [0, 0.05) is 7.05 Å². The molecule has 90 valence electrons. The molecule has 0 spiro atoms. The molecule has 0 saturated heterocycles. The van der Waals surface area contributed by atoms with Crippen molar-refractivity contribution in [1.82, 2.24) is 15.0 Å². The minimum absolute atomic E-state index is 0.563. The molecule has 2 aromatic rings. The molecule has 1 N–H and O–H groups in total. The fourth-order valence-electron chi connectivity index (χ4n) is 2.09. The van der Waals surface area contributed by atoms with Crippen molar-refractivity contribution in [3.8, 4) is 0 Å². The monoisotopic (exact) mass is 295 g/mol. The maximum atomic E-state index is 10.8. The van der Waals surface area contributed by atoms with Crippen LogP contribution >= 0.6 is 15.9 Å². The minimum Gasteiger partial charge on any atom is -0.379 e. The fraction of sp³-hybridized carbons (Fsp3) is 0.333. The Balaban J connectivity index is 2.62. The van der Waals surface area contributed by atoms with Crippen LogP contribution in [-0.2, 0) is 12.6 Å². The second kappa shape index (κ2) is 4.23. The van der Waals surface area contributed by atoms with E-state index in [1.54, 1.807) is 18.7 Å². The SMILES string of the molecule is Cc1ccccc1C(C)(O)c1c(Br)nnn1C. The van der Waals surface area contributed by atoms with Crippen molar-refractivity contribution in [2.24, 2.45) is 7.05 Å². The Bertz CT molecular complexity index is 529. The van der Waals surface area contributed by atoms with Gasteiger partial charge in [-0.05, 0) is 40.9 Å². The highest BCUT2D eigenvalue weighted by Gasteiger charge is 2.33. The molecule has 0 bridgehead atoms. The normalized spacial score (nSPS) is 14.6. The van der Waals surface area contributed by atoms with E-state index in [4.69, 9.17) is 0 Å². The Morgan fingerprint density at radius 3 is 2.53 bits per heavy atom. The Kier molecular flexibility index (Phi) is 3.05. The Labute approximate surface area is 108 Å². The molecule has 1 aromatic carbocycles. The average molecular weight is 296 g/mol. The summed E-state index contributed by atoms with van der Waals surface area (Å²) < 4.78 is 2.14. The second-order valence-electron chi connectivity index (χ2n) is 4.24. The standard InChI is InChI=1S/C12H14BrN3O/c1-8-6-4-5-7-9(8)12(2,17)10-11(13)14-15-16(10)3/h4-7,17H,1-3H3. The van der Waals surface area contributed by atoms with Crippen molar-refractivity contribution in [3.05, 3.63) is 45.7 Å². The molecular formula is C12H14BrN3O. The summed E-state index contributed by atoms with van der Waals surface area (Å²) in [5.74, 6) is 0. The minimum atomic E-state index is -1.12. The molecule has 1 aromatic heterocycles. The van der Waals surface area contributed by atoms with E-state index < -0.39 is 5.60 Å². The number of halogens is 1. The zero-order valence-corrected chi connectivity index (χ0v) is 11.6. The van der Waals surface area contributed by atoms with Gasteiger partial charge >= 0.3 is 0 Å². The van der Waals surface area contributed by atoms with Gasteiger partial charge in [0.2, 0.25) is 0 Å². The van der Waals surface area contributed by atoms with E-state index in [0.717, 1.165) is 11.1 Å². The first kappa shape index (κ1) is 12.3. The molecule has 1 heterocycles. The van der Waals surface area contributed by atoms with Crippen LogP contribution in [0.3, 0.4) is 0 Å². The molecule has 0 aliphatic rings. The molecule has 0 aliphatic heterocycles. The van der Waals surface area contributed by atoms with E-state index in [1.165, 1.54) is 0 Å². The molecular weight excluding hydrogens is 282 g/mol. The van der Waals surface area contributed by atoms with Gasteiger partial charge in [-0.15, -0.1) is 5.10 Å². The average Bonchev–Trinajstić information content (AvgIpc) is 2.59. The van der Waals surface area contributed by atoms with Crippen LogP contribution in [0, 0.1) is 6.92 Å². The van der Waals surface area contributed by atoms with Gasteiger partial charge in [0.1, 0.15) is 11.3 Å². The summed E-state index contributed by atoms with van der Waals surface area (Å²) in [6.07, 6.45) is 0. The third-order valence-electron chi connectivity index (χ3n) is 2.92. The van der Waals surface area contributed by atoms with Crippen molar-refractivity contribution in [2.45, 2.75) is 19.4 Å². The summed E-state index contributed by atoms with van der Waals surface area (Å²) >= 11 is 3.32. The highest BCUT2D eigenvalue weighted by atomic mass is 79.9. The van der Waals surface area contributed by atoms with E-state index in [9.17, 15) is 5.11 Å². The van der Waals surface area contributed by atoms with Crippen molar-refractivity contribution in [1.29, 1.82) is 0 Å². The van der Waals surface area contributed by atoms with Crippen LogP contribution in [0.5, 0.6) is 0 Å². The predicted octanol–water partition coefficient (Wildman–Crippen LogP) is 2.14. The van der Waals surface area contributed by atoms with E-state index in [0.29, 0.717) is 10.3 Å². The van der Waals surface area contributed by atoms with Crippen LogP contribution in [0.2, 0.25) is 0 Å². The number of hydrogen-bond acceptors (Lipinski definition) is 3. The second-order valence-corrected chi connectivity index (χ2v) is 4.99. The van der Waals surface area contributed by atoms with Gasteiger partial charge in [0.15, 0.2) is 4.60 Å². The van der Waals surface area contributed by atoms with E-state index in [-0.39, 0.29) is 0 Å². The quantitative estimate of drug-likeness (QED) is 0.923. The van der Waals surface area contributed by atoms with Gasteiger partial charge in [0.05, 0.1) is 0 Å². The Morgan fingerprint density at radius 2 is 2.00 bits per heavy atom. The van der Waals surface area contributed by atoms with Crippen LogP contribution in [0.1, 0.15) is 23.7 Å². The van der Waals surface area contributed by atoms with Crippen LogP contribution in [0.25, 0.3) is 0 Å². The zero-order chi connectivity index (χ0) is 12.6. The molecule has 5 heteroatoms. The maximum Gasteiger partial charge on any atom is 0.154 e. The smallest absolute Gasteiger partial charge is 0.154 e. The summed E-state index contributed by atoms with van der Waals surface area (Å²) in [7, 11) is 1.76.